The maximum Gasteiger partial charge on any atom is 0.323 e. The van der Waals surface area contributed by atoms with Crippen molar-refractivity contribution in [2.45, 2.75) is 24.7 Å². The SMILES string of the molecule is CC(C)c1ccccc1NS(=O)(=O)c1ccc2c(c1)N(CC(=O)O)C(=O)CO2. The third kappa shape index (κ3) is 3.94. The minimum atomic E-state index is -3.96. The number of ether oxygens (including phenoxy) is 1. The summed E-state index contributed by atoms with van der Waals surface area (Å²) in [5.41, 5.74) is 1.42. The molecule has 2 N–H and O–H groups in total. The van der Waals surface area contributed by atoms with Gasteiger partial charge in [0.2, 0.25) is 0 Å². The van der Waals surface area contributed by atoms with Crippen LogP contribution in [0.5, 0.6) is 5.75 Å². The molecule has 0 radical (unpaired) electrons. The third-order valence-electron chi connectivity index (χ3n) is 4.30. The van der Waals surface area contributed by atoms with Crippen LogP contribution in [0.25, 0.3) is 0 Å². The van der Waals surface area contributed by atoms with E-state index in [2.05, 4.69) is 4.72 Å². The van der Waals surface area contributed by atoms with Gasteiger partial charge in [0.25, 0.3) is 15.9 Å². The highest BCUT2D eigenvalue weighted by Gasteiger charge is 2.29. The molecule has 8 nitrogen and oxygen atoms in total. The summed E-state index contributed by atoms with van der Waals surface area (Å²) in [5.74, 6) is -1.40. The van der Waals surface area contributed by atoms with Gasteiger partial charge in [0.1, 0.15) is 12.3 Å². The fourth-order valence-electron chi connectivity index (χ4n) is 2.95. The number of hydrogen-bond acceptors (Lipinski definition) is 5. The Balaban J connectivity index is 1.99. The Bertz CT molecular complexity index is 1030. The predicted octanol–water partition coefficient (Wildman–Crippen LogP) is 2.42. The molecule has 0 saturated carbocycles. The van der Waals surface area contributed by atoms with Crippen molar-refractivity contribution in [1.82, 2.24) is 0 Å². The average molecular weight is 404 g/mol. The molecule has 2 aromatic carbocycles. The van der Waals surface area contributed by atoms with E-state index in [0.29, 0.717) is 5.69 Å². The molecular weight excluding hydrogens is 384 g/mol. The van der Waals surface area contributed by atoms with Crippen LogP contribution < -0.4 is 14.4 Å². The van der Waals surface area contributed by atoms with Crippen molar-refractivity contribution in [2.75, 3.05) is 22.8 Å². The molecule has 0 bridgehead atoms. The van der Waals surface area contributed by atoms with Crippen molar-refractivity contribution in [3.8, 4) is 5.75 Å². The van der Waals surface area contributed by atoms with E-state index >= 15 is 0 Å². The highest BCUT2D eigenvalue weighted by Crippen LogP contribution is 2.35. The van der Waals surface area contributed by atoms with Gasteiger partial charge in [-0.2, -0.15) is 0 Å². The minimum Gasteiger partial charge on any atom is -0.482 e. The first-order chi connectivity index (χ1) is 13.2. The van der Waals surface area contributed by atoms with Crippen LogP contribution >= 0.6 is 0 Å². The highest BCUT2D eigenvalue weighted by molar-refractivity contribution is 7.92. The molecule has 0 fully saturated rings. The first-order valence-electron chi connectivity index (χ1n) is 8.60. The number of carboxylic acid groups (broad SMARTS) is 1. The summed E-state index contributed by atoms with van der Waals surface area (Å²) in [6.07, 6.45) is 0. The van der Waals surface area contributed by atoms with Crippen LogP contribution in [0.1, 0.15) is 25.3 Å². The van der Waals surface area contributed by atoms with E-state index in [1.807, 2.05) is 26.0 Å². The Kier molecular flexibility index (Phi) is 5.28. The standard InChI is InChI=1S/C19H20N2O6S/c1-12(2)14-5-3-4-6-15(14)20-28(25,26)13-7-8-17-16(9-13)21(10-19(23)24)18(22)11-27-17/h3-9,12,20H,10-11H2,1-2H3,(H,23,24). The van der Waals surface area contributed by atoms with Crippen molar-refractivity contribution in [1.29, 1.82) is 0 Å². The van der Waals surface area contributed by atoms with Crippen molar-refractivity contribution in [3.05, 3.63) is 48.0 Å². The number of hydrogen-bond donors (Lipinski definition) is 2. The van der Waals surface area contributed by atoms with Crippen LogP contribution in [-0.2, 0) is 19.6 Å². The van der Waals surface area contributed by atoms with Crippen molar-refractivity contribution in [2.24, 2.45) is 0 Å². The molecule has 0 unspecified atom stereocenters. The van der Waals surface area contributed by atoms with Gasteiger partial charge in [-0.15, -0.1) is 0 Å². The summed E-state index contributed by atoms with van der Waals surface area (Å²) in [6, 6.07) is 11.1. The molecule has 0 saturated heterocycles. The lowest BCUT2D eigenvalue weighted by atomic mass is 10.0. The van der Waals surface area contributed by atoms with Gasteiger partial charge < -0.3 is 9.84 Å². The molecule has 2 aromatic rings. The zero-order chi connectivity index (χ0) is 20.5. The molecule has 28 heavy (non-hydrogen) atoms. The van der Waals surface area contributed by atoms with Crippen LogP contribution in [0.4, 0.5) is 11.4 Å². The maximum absolute atomic E-state index is 12.9. The van der Waals surface area contributed by atoms with E-state index in [0.717, 1.165) is 10.5 Å². The lowest BCUT2D eigenvalue weighted by Gasteiger charge is -2.28. The molecular formula is C19H20N2O6S. The summed E-state index contributed by atoms with van der Waals surface area (Å²) in [6.45, 7) is 3.03. The lowest BCUT2D eigenvalue weighted by Crippen LogP contribution is -2.42. The largest absolute Gasteiger partial charge is 0.482 e. The molecule has 1 amide bonds. The first-order valence-corrected chi connectivity index (χ1v) is 10.1. The predicted molar refractivity (Wildman–Crippen MR) is 103 cm³/mol. The van der Waals surface area contributed by atoms with Gasteiger partial charge in [-0.3, -0.25) is 19.2 Å². The molecule has 9 heteroatoms. The Hall–Kier alpha value is -3.07. The fraction of sp³-hybridized carbons (Fsp3) is 0.263. The fourth-order valence-corrected chi connectivity index (χ4v) is 4.06. The Morgan fingerprint density at radius 3 is 2.64 bits per heavy atom. The van der Waals surface area contributed by atoms with Crippen LogP contribution in [-0.4, -0.2) is 38.6 Å². The molecule has 1 aliphatic rings. The number of carboxylic acids is 1. The number of fused-ring (bicyclic) bond motifs is 1. The lowest BCUT2D eigenvalue weighted by molar-refractivity contribution is -0.137. The van der Waals surface area contributed by atoms with E-state index in [9.17, 15) is 18.0 Å². The quantitative estimate of drug-likeness (QED) is 0.765. The number of rotatable bonds is 6. The van der Waals surface area contributed by atoms with Crippen molar-refractivity contribution in [3.63, 3.8) is 0 Å². The van der Waals surface area contributed by atoms with Gasteiger partial charge in [0, 0.05) is 0 Å². The summed E-state index contributed by atoms with van der Waals surface area (Å²) >= 11 is 0. The van der Waals surface area contributed by atoms with Crippen LogP contribution in [0, 0.1) is 0 Å². The Morgan fingerprint density at radius 1 is 1.25 bits per heavy atom. The Labute approximate surface area is 162 Å². The zero-order valence-electron chi connectivity index (χ0n) is 15.4. The zero-order valence-corrected chi connectivity index (χ0v) is 16.2. The van der Waals surface area contributed by atoms with E-state index < -0.39 is 28.4 Å². The summed E-state index contributed by atoms with van der Waals surface area (Å²) < 4.78 is 33.7. The van der Waals surface area contributed by atoms with Crippen molar-refractivity contribution >= 4 is 33.3 Å². The van der Waals surface area contributed by atoms with Crippen LogP contribution in [0.2, 0.25) is 0 Å². The number of para-hydroxylation sites is 1. The molecule has 0 aliphatic carbocycles. The molecule has 1 aliphatic heterocycles. The first kappa shape index (κ1) is 19.7. The molecule has 0 spiro atoms. The number of carbonyl (C=O) groups excluding carboxylic acids is 1. The topological polar surface area (TPSA) is 113 Å². The van der Waals surface area contributed by atoms with Gasteiger partial charge in [-0.1, -0.05) is 32.0 Å². The molecule has 3 rings (SSSR count). The maximum atomic E-state index is 12.9. The summed E-state index contributed by atoms with van der Waals surface area (Å²) in [5, 5.41) is 9.05. The Morgan fingerprint density at radius 2 is 1.96 bits per heavy atom. The van der Waals surface area contributed by atoms with Gasteiger partial charge in [-0.05, 0) is 35.7 Å². The smallest absolute Gasteiger partial charge is 0.323 e. The van der Waals surface area contributed by atoms with Gasteiger partial charge in [0.15, 0.2) is 6.61 Å². The second kappa shape index (κ2) is 7.51. The van der Waals surface area contributed by atoms with Crippen LogP contribution in [0.15, 0.2) is 47.4 Å². The third-order valence-corrected chi connectivity index (χ3v) is 5.67. The second-order valence-electron chi connectivity index (χ2n) is 6.64. The van der Waals surface area contributed by atoms with E-state index in [4.69, 9.17) is 9.84 Å². The number of nitrogens with one attached hydrogen (secondary N) is 1. The monoisotopic (exact) mass is 404 g/mol. The number of aliphatic carboxylic acids is 1. The normalized spacial score (nSPS) is 13.8. The van der Waals surface area contributed by atoms with Gasteiger partial charge >= 0.3 is 5.97 Å². The van der Waals surface area contributed by atoms with Crippen LogP contribution in [0.3, 0.4) is 0 Å². The summed E-state index contributed by atoms with van der Waals surface area (Å²) in [7, 11) is -3.96. The molecule has 0 atom stereocenters. The number of benzene rings is 2. The van der Waals surface area contributed by atoms with E-state index in [1.54, 1.807) is 12.1 Å². The molecule has 1 heterocycles. The number of nitrogens with zero attached hydrogens (tertiary/aromatic N) is 1. The van der Waals surface area contributed by atoms with E-state index in [-0.39, 0.29) is 28.9 Å². The minimum absolute atomic E-state index is 0.0986. The van der Waals surface area contributed by atoms with Gasteiger partial charge in [-0.25, -0.2) is 8.42 Å². The number of carbonyl (C=O) groups is 2. The summed E-state index contributed by atoms with van der Waals surface area (Å²) in [4.78, 5) is 24.0. The number of sulfonamides is 1. The number of anilines is 2. The molecule has 0 aromatic heterocycles. The average Bonchev–Trinajstić information content (AvgIpc) is 2.63. The van der Waals surface area contributed by atoms with Gasteiger partial charge in [0.05, 0.1) is 16.3 Å². The number of amides is 1. The second-order valence-corrected chi connectivity index (χ2v) is 8.32. The van der Waals surface area contributed by atoms with Crippen molar-refractivity contribution < 1.29 is 27.9 Å². The molecule has 148 valence electrons. The van der Waals surface area contributed by atoms with E-state index in [1.165, 1.54) is 18.2 Å². The highest BCUT2D eigenvalue weighted by atomic mass is 32.2.